The van der Waals surface area contributed by atoms with Crippen LogP contribution in [0.15, 0.2) is 18.2 Å². The first-order valence-electron chi connectivity index (χ1n) is 4.11. The van der Waals surface area contributed by atoms with E-state index in [4.69, 9.17) is 11.6 Å². The second-order valence-corrected chi connectivity index (χ2v) is 3.54. The molecule has 0 saturated carbocycles. The smallest absolute Gasteiger partial charge is 0.364 e. The number of amides is 1. The monoisotopic (exact) mass is 273 g/mol. The Kier molecular flexibility index (Phi) is 3.33. The van der Waals surface area contributed by atoms with E-state index < -0.39 is 34.2 Å². The zero-order valence-electron chi connectivity index (χ0n) is 7.99. The number of nitrogens with two attached hydrogens (primary N) is 1. The summed E-state index contributed by atoms with van der Waals surface area (Å²) < 4.78 is 62.9. The number of benzene rings is 1. The van der Waals surface area contributed by atoms with Crippen LogP contribution in [-0.2, 0) is 16.9 Å². The third-order valence-corrected chi connectivity index (χ3v) is 2.26. The highest BCUT2D eigenvalue weighted by Gasteiger charge is 2.41. The van der Waals surface area contributed by atoms with Crippen LogP contribution in [0.5, 0.6) is 0 Å². The van der Waals surface area contributed by atoms with Gasteiger partial charge in [0, 0.05) is 5.56 Å². The molecule has 8 heteroatoms. The second-order valence-electron chi connectivity index (χ2n) is 3.13. The minimum Gasteiger partial charge on any atom is -0.364 e. The molecule has 1 aromatic rings. The summed E-state index contributed by atoms with van der Waals surface area (Å²) in [6, 6.07) is 1.14. The summed E-state index contributed by atoms with van der Waals surface area (Å²) in [5.74, 6) is -6.10. The molecule has 0 heterocycles. The zero-order chi connectivity index (χ0) is 13.4. The summed E-state index contributed by atoms with van der Waals surface area (Å²) in [5, 5.41) is -0.872. The molecule has 0 bridgehead atoms. The average molecular weight is 274 g/mol. The molecule has 0 aromatic heterocycles. The minimum absolute atomic E-state index is 0.313. The molecule has 0 aliphatic carbocycles. The van der Waals surface area contributed by atoms with Crippen molar-refractivity contribution in [2.45, 2.75) is 12.1 Å². The molecular formula is C9H5ClF5NO. The van der Waals surface area contributed by atoms with Crippen molar-refractivity contribution in [3.63, 3.8) is 0 Å². The Morgan fingerprint density at radius 2 is 1.71 bits per heavy atom. The highest BCUT2D eigenvalue weighted by atomic mass is 35.5. The Bertz CT molecular complexity index is 457. The van der Waals surface area contributed by atoms with Gasteiger partial charge in [-0.15, -0.1) is 0 Å². The third-order valence-electron chi connectivity index (χ3n) is 1.94. The van der Waals surface area contributed by atoms with E-state index in [1.54, 1.807) is 0 Å². The summed E-state index contributed by atoms with van der Waals surface area (Å²) in [6.45, 7) is 0. The normalized spacial score (nSPS) is 12.6. The Balaban J connectivity index is 3.29. The molecule has 0 unspecified atom stereocenters. The molecule has 1 rings (SSSR count). The van der Waals surface area contributed by atoms with Gasteiger partial charge in [0.05, 0.1) is 10.6 Å². The van der Waals surface area contributed by atoms with Gasteiger partial charge in [-0.1, -0.05) is 17.7 Å². The number of carbonyl (C=O) groups is 1. The van der Waals surface area contributed by atoms with Crippen LogP contribution in [0.25, 0.3) is 0 Å². The molecule has 0 fully saturated rings. The van der Waals surface area contributed by atoms with E-state index >= 15 is 0 Å². The fourth-order valence-electron chi connectivity index (χ4n) is 1.08. The van der Waals surface area contributed by atoms with Crippen molar-refractivity contribution in [3.8, 4) is 0 Å². The molecule has 0 atom stereocenters. The standard InChI is InChI=1S/C9H5ClF5NO/c10-6-3-4(9(13,14)15)1-2-5(6)8(11,12)7(16)17/h1-3H,(H2,16,17). The van der Waals surface area contributed by atoms with Crippen LogP contribution in [0.2, 0.25) is 5.02 Å². The van der Waals surface area contributed by atoms with Crippen molar-refractivity contribution >= 4 is 17.5 Å². The van der Waals surface area contributed by atoms with Gasteiger partial charge in [0.15, 0.2) is 0 Å². The molecule has 0 saturated heterocycles. The van der Waals surface area contributed by atoms with Gasteiger partial charge in [0.2, 0.25) is 0 Å². The highest BCUT2D eigenvalue weighted by molar-refractivity contribution is 6.31. The maximum absolute atomic E-state index is 13.1. The van der Waals surface area contributed by atoms with E-state index in [1.807, 2.05) is 0 Å². The Hall–Kier alpha value is -1.37. The van der Waals surface area contributed by atoms with Crippen LogP contribution >= 0.6 is 11.6 Å². The molecule has 1 aromatic carbocycles. The van der Waals surface area contributed by atoms with E-state index in [9.17, 15) is 26.7 Å². The molecule has 2 N–H and O–H groups in total. The number of hydrogen-bond acceptors (Lipinski definition) is 1. The van der Waals surface area contributed by atoms with E-state index in [0.717, 1.165) is 0 Å². The lowest BCUT2D eigenvalue weighted by Gasteiger charge is -2.15. The summed E-state index contributed by atoms with van der Waals surface area (Å²) in [4.78, 5) is 10.4. The van der Waals surface area contributed by atoms with Gasteiger partial charge in [-0.05, 0) is 12.1 Å². The maximum atomic E-state index is 13.1. The summed E-state index contributed by atoms with van der Waals surface area (Å²) >= 11 is 5.28. The molecule has 17 heavy (non-hydrogen) atoms. The van der Waals surface area contributed by atoms with Crippen molar-refractivity contribution in [2.24, 2.45) is 5.73 Å². The second kappa shape index (κ2) is 4.14. The zero-order valence-corrected chi connectivity index (χ0v) is 8.74. The van der Waals surface area contributed by atoms with Gasteiger partial charge >= 0.3 is 12.1 Å². The van der Waals surface area contributed by atoms with Gasteiger partial charge in [-0.2, -0.15) is 22.0 Å². The van der Waals surface area contributed by atoms with E-state index in [0.29, 0.717) is 18.2 Å². The molecule has 0 aliphatic rings. The van der Waals surface area contributed by atoms with Crippen molar-refractivity contribution in [1.29, 1.82) is 0 Å². The van der Waals surface area contributed by atoms with Crippen molar-refractivity contribution < 1.29 is 26.7 Å². The maximum Gasteiger partial charge on any atom is 0.416 e. The van der Waals surface area contributed by atoms with Crippen molar-refractivity contribution in [2.75, 3.05) is 0 Å². The number of primary amides is 1. The minimum atomic E-state index is -4.70. The lowest BCUT2D eigenvalue weighted by Crippen LogP contribution is -2.33. The fraction of sp³-hybridized carbons (Fsp3) is 0.222. The number of alkyl halides is 5. The number of rotatable bonds is 2. The van der Waals surface area contributed by atoms with Crippen LogP contribution < -0.4 is 5.73 Å². The number of hydrogen-bond donors (Lipinski definition) is 1. The van der Waals surface area contributed by atoms with E-state index in [2.05, 4.69) is 5.73 Å². The van der Waals surface area contributed by atoms with Crippen molar-refractivity contribution in [1.82, 2.24) is 0 Å². The largest absolute Gasteiger partial charge is 0.416 e. The molecule has 0 aliphatic heterocycles. The van der Waals surface area contributed by atoms with Gasteiger partial charge in [0.1, 0.15) is 0 Å². The average Bonchev–Trinajstić information content (AvgIpc) is 2.15. The molecule has 1 amide bonds. The first-order chi connectivity index (χ1) is 7.56. The topological polar surface area (TPSA) is 43.1 Å². The first kappa shape index (κ1) is 13.7. The van der Waals surface area contributed by atoms with Crippen LogP contribution in [0, 0.1) is 0 Å². The van der Waals surface area contributed by atoms with Gasteiger partial charge < -0.3 is 5.73 Å². The van der Waals surface area contributed by atoms with Gasteiger partial charge in [0.25, 0.3) is 5.91 Å². The van der Waals surface area contributed by atoms with Crippen LogP contribution in [0.4, 0.5) is 22.0 Å². The summed E-state index contributed by atoms with van der Waals surface area (Å²) in [6.07, 6.45) is -4.70. The van der Waals surface area contributed by atoms with Crippen LogP contribution in [0.1, 0.15) is 11.1 Å². The quantitative estimate of drug-likeness (QED) is 0.827. The Morgan fingerprint density at radius 3 is 2.06 bits per heavy atom. The Morgan fingerprint density at radius 1 is 1.18 bits per heavy atom. The summed E-state index contributed by atoms with van der Waals surface area (Å²) in [7, 11) is 0. The third kappa shape index (κ3) is 2.66. The SMILES string of the molecule is NC(=O)C(F)(F)c1ccc(C(F)(F)F)cc1Cl. The first-order valence-corrected chi connectivity index (χ1v) is 4.49. The van der Waals surface area contributed by atoms with Gasteiger partial charge in [-0.25, -0.2) is 0 Å². The van der Waals surface area contributed by atoms with Crippen molar-refractivity contribution in [3.05, 3.63) is 34.3 Å². The van der Waals surface area contributed by atoms with E-state index in [-0.39, 0.29) is 0 Å². The molecular weight excluding hydrogens is 269 g/mol. The molecule has 94 valence electrons. The lowest BCUT2D eigenvalue weighted by molar-refractivity contribution is -0.143. The lowest BCUT2D eigenvalue weighted by atomic mass is 10.1. The number of halogens is 6. The molecule has 0 radical (unpaired) electrons. The van der Waals surface area contributed by atoms with Gasteiger partial charge in [-0.3, -0.25) is 4.79 Å². The predicted molar refractivity (Wildman–Crippen MR) is 49.5 cm³/mol. The van der Waals surface area contributed by atoms with Crippen LogP contribution in [-0.4, -0.2) is 5.91 Å². The van der Waals surface area contributed by atoms with E-state index in [1.165, 1.54) is 0 Å². The predicted octanol–water partition coefficient (Wildman–Crippen LogP) is 2.94. The number of carbonyl (C=O) groups excluding carboxylic acids is 1. The highest BCUT2D eigenvalue weighted by Crippen LogP contribution is 2.37. The Labute approximate surface area is 97.2 Å². The fourth-order valence-corrected chi connectivity index (χ4v) is 1.38. The molecule has 0 spiro atoms. The summed E-state index contributed by atoms with van der Waals surface area (Å²) in [5.41, 5.74) is 2.18. The molecule has 2 nitrogen and oxygen atoms in total. The van der Waals surface area contributed by atoms with Crippen LogP contribution in [0.3, 0.4) is 0 Å².